The molecule has 1 saturated heterocycles. The van der Waals surface area contributed by atoms with Crippen LogP contribution in [0, 0.1) is 0 Å². The largest absolute Gasteiger partial charge is 0.396 e. The second-order valence-corrected chi connectivity index (χ2v) is 6.60. The molecular formula is C11H21N5O2S. The normalized spacial score (nSPS) is 21.6. The maximum Gasteiger partial charge on any atom is 0.279 e. The fraction of sp³-hybridized carbons (Fsp3) is 0.727. The summed E-state index contributed by atoms with van der Waals surface area (Å²) in [7, 11) is -3.38. The Bertz CT molecular complexity index is 513. The van der Waals surface area contributed by atoms with Crippen LogP contribution in [0.15, 0.2) is 12.4 Å². The summed E-state index contributed by atoms with van der Waals surface area (Å²) in [6.07, 6.45) is 6.18. The molecule has 2 rings (SSSR count). The monoisotopic (exact) mass is 287 g/mol. The van der Waals surface area contributed by atoms with E-state index in [-0.39, 0.29) is 6.04 Å². The second kappa shape index (κ2) is 5.89. The van der Waals surface area contributed by atoms with E-state index >= 15 is 0 Å². The molecular weight excluding hydrogens is 266 g/mol. The zero-order chi connectivity index (χ0) is 13.9. The molecule has 0 aliphatic carbocycles. The highest BCUT2D eigenvalue weighted by molar-refractivity contribution is 7.87. The van der Waals surface area contributed by atoms with Crippen LogP contribution in [0.25, 0.3) is 0 Å². The van der Waals surface area contributed by atoms with Gasteiger partial charge in [0, 0.05) is 25.3 Å². The molecule has 108 valence electrons. The number of nitrogen functional groups attached to an aromatic ring is 1. The van der Waals surface area contributed by atoms with Gasteiger partial charge in [0.1, 0.15) is 0 Å². The van der Waals surface area contributed by atoms with Gasteiger partial charge in [-0.05, 0) is 19.8 Å². The van der Waals surface area contributed by atoms with Crippen LogP contribution < -0.4 is 10.5 Å². The van der Waals surface area contributed by atoms with Gasteiger partial charge in [0.15, 0.2) is 0 Å². The minimum Gasteiger partial charge on any atom is -0.396 e. The highest BCUT2D eigenvalue weighted by Gasteiger charge is 2.28. The summed E-state index contributed by atoms with van der Waals surface area (Å²) in [6.45, 7) is 3.34. The highest BCUT2D eigenvalue weighted by Crippen LogP contribution is 2.18. The van der Waals surface area contributed by atoms with Crippen molar-refractivity contribution in [3.63, 3.8) is 0 Å². The molecule has 0 saturated carbocycles. The van der Waals surface area contributed by atoms with Crippen LogP contribution >= 0.6 is 0 Å². The number of nitrogens with two attached hydrogens (primary N) is 1. The third-order valence-electron chi connectivity index (χ3n) is 3.33. The average molecular weight is 287 g/mol. The molecule has 0 radical (unpaired) electrons. The molecule has 1 aromatic rings. The third-order valence-corrected chi connectivity index (χ3v) is 5.06. The number of piperidine rings is 1. The maximum absolute atomic E-state index is 12.2. The van der Waals surface area contributed by atoms with E-state index in [4.69, 9.17) is 5.73 Å². The summed E-state index contributed by atoms with van der Waals surface area (Å²) in [5.41, 5.74) is 6.12. The fourth-order valence-corrected chi connectivity index (χ4v) is 3.77. The standard InChI is InChI=1S/C11H21N5O2S/c1-10-4-2-3-6-16(10)19(17,18)14-5-7-15-9-11(12)8-13-15/h8-10,14H,2-7,12H2,1H3. The quantitative estimate of drug-likeness (QED) is 0.807. The molecule has 1 aliphatic rings. The van der Waals surface area contributed by atoms with E-state index in [1.54, 1.807) is 21.4 Å². The smallest absolute Gasteiger partial charge is 0.279 e. The highest BCUT2D eigenvalue weighted by atomic mass is 32.2. The number of nitrogens with one attached hydrogen (secondary N) is 1. The molecule has 0 bridgehead atoms. The van der Waals surface area contributed by atoms with Crippen LogP contribution in [0.5, 0.6) is 0 Å². The molecule has 0 aromatic carbocycles. The van der Waals surface area contributed by atoms with Gasteiger partial charge in [-0.1, -0.05) is 6.42 Å². The Labute approximate surface area is 113 Å². The van der Waals surface area contributed by atoms with E-state index in [2.05, 4.69) is 9.82 Å². The summed E-state index contributed by atoms with van der Waals surface area (Å²) in [5, 5.41) is 4.01. The summed E-state index contributed by atoms with van der Waals surface area (Å²) in [6, 6.07) is 0.0756. The van der Waals surface area contributed by atoms with Gasteiger partial charge >= 0.3 is 0 Å². The van der Waals surface area contributed by atoms with Crippen LogP contribution in [-0.4, -0.2) is 41.6 Å². The molecule has 1 aliphatic heterocycles. The molecule has 3 N–H and O–H groups in total. The van der Waals surface area contributed by atoms with Crippen molar-refractivity contribution >= 4 is 15.9 Å². The van der Waals surface area contributed by atoms with Crippen molar-refractivity contribution in [1.82, 2.24) is 18.8 Å². The van der Waals surface area contributed by atoms with E-state index in [0.717, 1.165) is 19.3 Å². The van der Waals surface area contributed by atoms with Gasteiger partial charge in [-0.25, -0.2) is 4.72 Å². The Morgan fingerprint density at radius 1 is 1.53 bits per heavy atom. The van der Waals surface area contributed by atoms with Gasteiger partial charge in [-0.3, -0.25) is 4.68 Å². The van der Waals surface area contributed by atoms with Crippen molar-refractivity contribution in [3.05, 3.63) is 12.4 Å². The summed E-state index contributed by atoms with van der Waals surface area (Å²) in [5.74, 6) is 0. The van der Waals surface area contributed by atoms with Crippen molar-refractivity contribution in [2.24, 2.45) is 0 Å². The number of hydrogen-bond acceptors (Lipinski definition) is 4. The lowest BCUT2D eigenvalue weighted by atomic mass is 10.1. The third kappa shape index (κ3) is 3.68. The number of rotatable bonds is 5. The van der Waals surface area contributed by atoms with Gasteiger partial charge in [0.25, 0.3) is 10.2 Å². The van der Waals surface area contributed by atoms with Crippen molar-refractivity contribution in [1.29, 1.82) is 0 Å². The summed E-state index contributed by atoms with van der Waals surface area (Å²) in [4.78, 5) is 0. The number of anilines is 1. The molecule has 1 aromatic heterocycles. The Hall–Kier alpha value is -1.12. The lowest BCUT2D eigenvalue weighted by Crippen LogP contribution is -2.48. The van der Waals surface area contributed by atoms with E-state index in [9.17, 15) is 8.42 Å². The van der Waals surface area contributed by atoms with Gasteiger partial charge in [-0.15, -0.1) is 0 Å². The van der Waals surface area contributed by atoms with Gasteiger partial charge < -0.3 is 5.73 Å². The molecule has 8 heteroatoms. The zero-order valence-corrected chi connectivity index (χ0v) is 11.9. The second-order valence-electron chi connectivity index (χ2n) is 4.89. The predicted octanol–water partition coefficient (Wildman–Crippen LogP) is 0.174. The van der Waals surface area contributed by atoms with Crippen LogP contribution in [0.2, 0.25) is 0 Å². The molecule has 19 heavy (non-hydrogen) atoms. The van der Waals surface area contributed by atoms with Gasteiger partial charge in [0.05, 0.1) is 18.4 Å². The predicted molar refractivity (Wildman–Crippen MR) is 73.6 cm³/mol. The average Bonchev–Trinajstić information content (AvgIpc) is 2.75. The zero-order valence-electron chi connectivity index (χ0n) is 11.1. The Balaban J connectivity index is 1.86. The van der Waals surface area contributed by atoms with E-state index in [1.807, 2.05) is 6.92 Å². The minimum atomic E-state index is -3.38. The van der Waals surface area contributed by atoms with Gasteiger partial charge in [0.2, 0.25) is 0 Å². The minimum absolute atomic E-state index is 0.0756. The Kier molecular flexibility index (Phi) is 4.43. The molecule has 1 unspecified atom stereocenters. The lowest BCUT2D eigenvalue weighted by Gasteiger charge is -2.32. The SMILES string of the molecule is CC1CCCCN1S(=O)(=O)NCCn1cc(N)cn1. The van der Waals surface area contributed by atoms with Gasteiger partial charge in [-0.2, -0.15) is 17.8 Å². The number of nitrogens with zero attached hydrogens (tertiary/aromatic N) is 3. The van der Waals surface area contributed by atoms with Crippen molar-refractivity contribution in [2.75, 3.05) is 18.8 Å². The first kappa shape index (κ1) is 14.3. The van der Waals surface area contributed by atoms with Crippen molar-refractivity contribution in [3.8, 4) is 0 Å². The molecule has 0 amide bonds. The molecule has 1 fully saturated rings. The molecule has 2 heterocycles. The van der Waals surface area contributed by atoms with Crippen LogP contribution in [-0.2, 0) is 16.8 Å². The summed E-state index contributed by atoms with van der Waals surface area (Å²) < 4.78 is 30.1. The fourth-order valence-electron chi connectivity index (χ4n) is 2.30. The first-order chi connectivity index (χ1) is 8.99. The van der Waals surface area contributed by atoms with Crippen LogP contribution in [0.1, 0.15) is 26.2 Å². The van der Waals surface area contributed by atoms with Crippen molar-refractivity contribution in [2.45, 2.75) is 38.8 Å². The van der Waals surface area contributed by atoms with E-state index < -0.39 is 10.2 Å². The number of aromatic nitrogens is 2. The van der Waals surface area contributed by atoms with E-state index in [0.29, 0.717) is 25.3 Å². The number of hydrogen-bond donors (Lipinski definition) is 2. The molecule has 7 nitrogen and oxygen atoms in total. The Morgan fingerprint density at radius 3 is 2.95 bits per heavy atom. The van der Waals surface area contributed by atoms with E-state index in [1.165, 1.54) is 0 Å². The van der Waals surface area contributed by atoms with Crippen molar-refractivity contribution < 1.29 is 8.42 Å². The topological polar surface area (TPSA) is 93.2 Å². The molecule has 0 spiro atoms. The lowest BCUT2D eigenvalue weighted by molar-refractivity contribution is 0.265. The van der Waals surface area contributed by atoms with Crippen LogP contribution in [0.3, 0.4) is 0 Å². The first-order valence-electron chi connectivity index (χ1n) is 6.53. The Morgan fingerprint density at radius 2 is 2.32 bits per heavy atom. The molecule has 1 atom stereocenters. The van der Waals surface area contributed by atoms with Crippen LogP contribution in [0.4, 0.5) is 5.69 Å². The first-order valence-corrected chi connectivity index (χ1v) is 7.97. The summed E-state index contributed by atoms with van der Waals surface area (Å²) >= 11 is 0. The maximum atomic E-state index is 12.2.